The van der Waals surface area contributed by atoms with Crippen LogP contribution >= 0.6 is 0 Å². The molecule has 0 saturated carbocycles. The Morgan fingerprint density at radius 3 is 2.75 bits per heavy atom. The highest BCUT2D eigenvalue weighted by atomic mass is 16.5. The molecule has 1 saturated heterocycles. The standard InChI is InChI=1S/C12H22O4/c1-4-12(14,11(13)16-5-2)9(3)10-6-7-15-8-10/h9-10,14H,4-8H2,1-3H3. The van der Waals surface area contributed by atoms with Crippen LogP contribution in [0.25, 0.3) is 0 Å². The molecule has 1 fully saturated rings. The highest BCUT2D eigenvalue weighted by Gasteiger charge is 2.45. The van der Waals surface area contributed by atoms with E-state index in [9.17, 15) is 9.90 Å². The van der Waals surface area contributed by atoms with Crippen LogP contribution in [0.1, 0.15) is 33.6 Å². The maximum absolute atomic E-state index is 11.8. The first-order valence-electron chi connectivity index (χ1n) is 6.03. The SMILES string of the molecule is CCOC(=O)C(O)(CC)C(C)C1CCOC1. The normalized spacial score (nSPS) is 26.1. The van der Waals surface area contributed by atoms with E-state index in [1.54, 1.807) is 6.92 Å². The van der Waals surface area contributed by atoms with Crippen LogP contribution in [0, 0.1) is 11.8 Å². The summed E-state index contributed by atoms with van der Waals surface area (Å²) in [6, 6.07) is 0. The third kappa shape index (κ3) is 2.55. The predicted octanol–water partition coefficient (Wildman–Crippen LogP) is 1.36. The number of carbonyl (C=O) groups is 1. The second-order valence-corrected chi connectivity index (χ2v) is 4.41. The molecule has 4 heteroatoms. The Labute approximate surface area is 96.9 Å². The van der Waals surface area contributed by atoms with Crippen LogP contribution in [0.4, 0.5) is 0 Å². The van der Waals surface area contributed by atoms with Crippen molar-refractivity contribution in [3.63, 3.8) is 0 Å². The zero-order valence-electron chi connectivity index (χ0n) is 10.4. The Morgan fingerprint density at radius 1 is 1.62 bits per heavy atom. The number of ether oxygens (including phenoxy) is 2. The molecule has 0 radical (unpaired) electrons. The number of aliphatic hydroxyl groups is 1. The number of esters is 1. The van der Waals surface area contributed by atoms with Gasteiger partial charge in [0.15, 0.2) is 5.60 Å². The Morgan fingerprint density at radius 2 is 2.31 bits per heavy atom. The zero-order chi connectivity index (χ0) is 12.2. The Bertz CT molecular complexity index is 235. The van der Waals surface area contributed by atoms with Gasteiger partial charge in [0.25, 0.3) is 0 Å². The van der Waals surface area contributed by atoms with Crippen molar-refractivity contribution in [3.05, 3.63) is 0 Å². The molecule has 0 amide bonds. The van der Waals surface area contributed by atoms with E-state index in [-0.39, 0.29) is 11.8 Å². The summed E-state index contributed by atoms with van der Waals surface area (Å²) in [5, 5.41) is 10.4. The van der Waals surface area contributed by atoms with Crippen molar-refractivity contribution in [2.24, 2.45) is 11.8 Å². The molecular weight excluding hydrogens is 208 g/mol. The summed E-state index contributed by atoms with van der Waals surface area (Å²) >= 11 is 0. The largest absolute Gasteiger partial charge is 0.464 e. The summed E-state index contributed by atoms with van der Waals surface area (Å²) in [6.45, 7) is 7.11. The van der Waals surface area contributed by atoms with Crippen LogP contribution in [-0.2, 0) is 14.3 Å². The van der Waals surface area contributed by atoms with Gasteiger partial charge in [-0.1, -0.05) is 13.8 Å². The molecule has 3 atom stereocenters. The van der Waals surface area contributed by atoms with Crippen LogP contribution in [0.3, 0.4) is 0 Å². The Balaban J connectivity index is 2.72. The van der Waals surface area contributed by atoms with Gasteiger partial charge in [-0.3, -0.25) is 0 Å². The van der Waals surface area contributed by atoms with Gasteiger partial charge in [0, 0.05) is 19.1 Å². The van der Waals surface area contributed by atoms with E-state index in [1.165, 1.54) is 0 Å². The van der Waals surface area contributed by atoms with Crippen LogP contribution in [0.15, 0.2) is 0 Å². The van der Waals surface area contributed by atoms with E-state index in [1.807, 2.05) is 13.8 Å². The van der Waals surface area contributed by atoms with E-state index in [0.717, 1.165) is 13.0 Å². The van der Waals surface area contributed by atoms with E-state index in [2.05, 4.69) is 0 Å². The molecule has 94 valence electrons. The van der Waals surface area contributed by atoms with Gasteiger partial charge >= 0.3 is 5.97 Å². The summed E-state index contributed by atoms with van der Waals surface area (Å²) in [6.07, 6.45) is 1.28. The smallest absolute Gasteiger partial charge is 0.338 e. The quantitative estimate of drug-likeness (QED) is 0.725. The molecule has 16 heavy (non-hydrogen) atoms. The van der Waals surface area contributed by atoms with Gasteiger partial charge in [0.1, 0.15) is 0 Å². The fraction of sp³-hybridized carbons (Fsp3) is 0.917. The van der Waals surface area contributed by atoms with Gasteiger partial charge < -0.3 is 14.6 Å². The molecular formula is C12H22O4. The number of hydrogen-bond donors (Lipinski definition) is 1. The molecule has 1 rings (SSSR count). The second kappa shape index (κ2) is 5.64. The van der Waals surface area contributed by atoms with Crippen LogP contribution in [0.2, 0.25) is 0 Å². The van der Waals surface area contributed by atoms with Crippen LogP contribution in [-0.4, -0.2) is 36.5 Å². The molecule has 0 aromatic rings. The molecule has 3 unspecified atom stereocenters. The van der Waals surface area contributed by atoms with Gasteiger partial charge in [-0.15, -0.1) is 0 Å². The first-order chi connectivity index (χ1) is 7.56. The summed E-state index contributed by atoms with van der Waals surface area (Å²) in [5.41, 5.74) is -1.37. The van der Waals surface area contributed by atoms with Gasteiger partial charge in [-0.2, -0.15) is 0 Å². The number of hydrogen-bond acceptors (Lipinski definition) is 4. The van der Waals surface area contributed by atoms with Crippen molar-refractivity contribution in [3.8, 4) is 0 Å². The summed E-state index contributed by atoms with van der Waals surface area (Å²) < 4.78 is 10.2. The minimum absolute atomic E-state index is 0.126. The molecule has 0 bridgehead atoms. The van der Waals surface area contributed by atoms with Crippen LogP contribution < -0.4 is 0 Å². The summed E-state index contributed by atoms with van der Waals surface area (Å²) in [5.74, 6) is -0.384. The lowest BCUT2D eigenvalue weighted by Gasteiger charge is -2.33. The lowest BCUT2D eigenvalue weighted by atomic mass is 9.77. The van der Waals surface area contributed by atoms with Crippen molar-refractivity contribution >= 4 is 5.97 Å². The highest BCUT2D eigenvalue weighted by molar-refractivity contribution is 5.79. The van der Waals surface area contributed by atoms with Crippen molar-refractivity contribution in [2.75, 3.05) is 19.8 Å². The molecule has 1 N–H and O–H groups in total. The Kier molecular flexibility index (Phi) is 4.74. The molecule has 1 aliphatic heterocycles. The maximum atomic E-state index is 11.8. The van der Waals surface area contributed by atoms with E-state index >= 15 is 0 Å². The number of carbonyl (C=O) groups excluding carboxylic acids is 1. The lowest BCUT2D eigenvalue weighted by Crippen LogP contribution is -2.48. The van der Waals surface area contributed by atoms with E-state index < -0.39 is 11.6 Å². The average Bonchev–Trinajstić information content (AvgIpc) is 2.80. The molecule has 0 spiro atoms. The third-order valence-electron chi connectivity index (χ3n) is 3.59. The third-order valence-corrected chi connectivity index (χ3v) is 3.59. The van der Waals surface area contributed by atoms with Gasteiger partial charge in [-0.25, -0.2) is 4.79 Å². The van der Waals surface area contributed by atoms with Crippen molar-refractivity contribution in [1.29, 1.82) is 0 Å². The minimum atomic E-state index is -1.37. The van der Waals surface area contributed by atoms with Crippen molar-refractivity contribution in [1.82, 2.24) is 0 Å². The minimum Gasteiger partial charge on any atom is -0.464 e. The van der Waals surface area contributed by atoms with E-state index in [0.29, 0.717) is 19.6 Å². The second-order valence-electron chi connectivity index (χ2n) is 4.41. The summed E-state index contributed by atoms with van der Waals surface area (Å²) in [4.78, 5) is 11.8. The lowest BCUT2D eigenvalue weighted by molar-refractivity contribution is -0.173. The number of rotatable bonds is 5. The molecule has 0 aromatic carbocycles. The van der Waals surface area contributed by atoms with Crippen molar-refractivity contribution < 1.29 is 19.4 Å². The Hall–Kier alpha value is -0.610. The monoisotopic (exact) mass is 230 g/mol. The summed E-state index contributed by atoms with van der Waals surface area (Å²) in [7, 11) is 0. The molecule has 1 heterocycles. The fourth-order valence-electron chi connectivity index (χ4n) is 2.25. The topological polar surface area (TPSA) is 55.8 Å². The fourth-order valence-corrected chi connectivity index (χ4v) is 2.25. The van der Waals surface area contributed by atoms with E-state index in [4.69, 9.17) is 9.47 Å². The molecule has 0 aromatic heterocycles. The predicted molar refractivity (Wildman–Crippen MR) is 60.0 cm³/mol. The first-order valence-corrected chi connectivity index (χ1v) is 6.03. The van der Waals surface area contributed by atoms with Gasteiger partial charge in [-0.05, 0) is 25.7 Å². The first kappa shape index (κ1) is 13.5. The molecule has 4 nitrogen and oxygen atoms in total. The molecule has 1 aliphatic rings. The molecule has 0 aliphatic carbocycles. The zero-order valence-corrected chi connectivity index (χ0v) is 10.4. The highest BCUT2D eigenvalue weighted by Crippen LogP contribution is 2.33. The average molecular weight is 230 g/mol. The van der Waals surface area contributed by atoms with Crippen molar-refractivity contribution in [2.45, 2.75) is 39.2 Å². The van der Waals surface area contributed by atoms with Crippen LogP contribution in [0.5, 0.6) is 0 Å². The van der Waals surface area contributed by atoms with Gasteiger partial charge in [0.2, 0.25) is 0 Å². The van der Waals surface area contributed by atoms with Gasteiger partial charge in [0.05, 0.1) is 6.61 Å². The maximum Gasteiger partial charge on any atom is 0.338 e.